The van der Waals surface area contributed by atoms with Crippen molar-refractivity contribution >= 4 is 61.9 Å². The summed E-state index contributed by atoms with van der Waals surface area (Å²) in [6.07, 6.45) is 10.5. The van der Waals surface area contributed by atoms with E-state index in [2.05, 4.69) is 94.7 Å². The Morgan fingerprint density at radius 2 is 1.68 bits per heavy atom. The number of amides is 2. The fourth-order valence-corrected chi connectivity index (χ4v) is 8.69. The minimum absolute atomic E-state index is 0.0435. The molecule has 1 fully saturated rings. The van der Waals surface area contributed by atoms with E-state index in [9.17, 15) is 27.4 Å². The lowest BCUT2D eigenvalue weighted by Crippen LogP contribution is -2.44. The minimum Gasteiger partial charge on any atom is -0.362 e. The van der Waals surface area contributed by atoms with Gasteiger partial charge in [-0.05, 0) is 103 Å². The fourth-order valence-electron chi connectivity index (χ4n) is 8.19. The summed E-state index contributed by atoms with van der Waals surface area (Å²) in [5.41, 5.74) is 6.89. The van der Waals surface area contributed by atoms with Gasteiger partial charge in [-0.15, -0.1) is 5.06 Å². The van der Waals surface area contributed by atoms with Crippen molar-refractivity contribution in [2.75, 3.05) is 22.9 Å². The average molecular weight is 785 g/mol. The fraction of sp³-hybridized carbons (Fsp3) is 0.455. The number of carbonyl (C=O) groups is 3. The van der Waals surface area contributed by atoms with Gasteiger partial charge in [-0.1, -0.05) is 38.5 Å². The van der Waals surface area contributed by atoms with Crippen LogP contribution in [0.1, 0.15) is 123 Å². The maximum Gasteiger partial charge on any atom is 0.362 e. The average Bonchev–Trinajstić information content (AvgIpc) is 3.52. The number of allylic oxidation sites excluding steroid dienone is 4. The number of rotatable bonds is 11. The number of carbonyl (C=O) groups excluding carboxylic acids is 3. The van der Waals surface area contributed by atoms with Gasteiger partial charge < -0.3 is 14.6 Å². The zero-order valence-electron chi connectivity index (χ0n) is 34.0. The monoisotopic (exact) mass is 784 g/mol. The standard InChI is InChI=1S/C44H53N3O8S/c1-10-46-35-26-36-32(25-31(35)28(2)27-43(46,6)7)29(23-38(54-36)42(3,4)5)15-14-16-37-44(8,9)33-24-30(56(51,52)53)18-19-34(33)45(37)22-13-11-12-17-41(50)55-47-39(48)20-21-40(47)49/h14-16,18-19,23-27H,10-13,17,20-22H2,1-9H3/p+1/b15-14+,37-16+. The molecule has 1 saturated heterocycles. The summed E-state index contributed by atoms with van der Waals surface area (Å²) in [5.74, 6) is -0.780. The lowest BCUT2D eigenvalue weighted by atomic mass is 9.83. The van der Waals surface area contributed by atoms with Crippen LogP contribution in [-0.4, -0.2) is 54.4 Å². The highest BCUT2D eigenvalue weighted by Crippen LogP contribution is 2.49. The summed E-state index contributed by atoms with van der Waals surface area (Å²) >= 11 is 0. The molecule has 3 aromatic rings. The third kappa shape index (κ3) is 7.91. The van der Waals surface area contributed by atoms with Crippen molar-refractivity contribution in [3.8, 4) is 0 Å². The van der Waals surface area contributed by atoms with Crippen LogP contribution in [0.4, 0.5) is 11.4 Å². The first-order chi connectivity index (χ1) is 26.1. The second-order valence-electron chi connectivity index (χ2n) is 17.1. The topological polar surface area (TPSA) is 136 Å². The number of unbranched alkanes of at least 4 members (excludes halogenated alkanes) is 2. The summed E-state index contributed by atoms with van der Waals surface area (Å²) in [4.78, 5) is 45.5. The Labute approximate surface area is 330 Å². The summed E-state index contributed by atoms with van der Waals surface area (Å²) in [6.45, 7) is 20.7. The molecule has 0 atom stereocenters. The first kappa shape index (κ1) is 40.8. The molecular weight excluding hydrogens is 731 g/mol. The number of fused-ring (bicyclic) bond motifs is 3. The SMILES string of the molecule is CCN1c2cc3[o+]c(C(C)(C)C)cc(/C=C/C=C4/N(CCCCCC(=O)ON5C(=O)CCC5=O)c5ccc(S(=O)(=O)O)cc5C4(C)C)c3cc2C(C)=CC1(C)C. The third-order valence-electron chi connectivity index (χ3n) is 11.1. The molecular formula is C44H54N3O8S+. The van der Waals surface area contributed by atoms with Gasteiger partial charge in [0.05, 0.1) is 33.0 Å². The Morgan fingerprint density at radius 3 is 2.32 bits per heavy atom. The molecule has 0 aliphatic carbocycles. The number of hydrogen-bond donors (Lipinski definition) is 1. The molecule has 298 valence electrons. The molecule has 1 N–H and O–H groups in total. The van der Waals surface area contributed by atoms with E-state index in [1.807, 2.05) is 19.9 Å². The van der Waals surface area contributed by atoms with Crippen LogP contribution in [0.3, 0.4) is 0 Å². The zero-order valence-corrected chi connectivity index (χ0v) is 34.8. The van der Waals surface area contributed by atoms with Gasteiger partial charge >= 0.3 is 17.3 Å². The molecule has 1 aromatic heterocycles. The lowest BCUT2D eigenvalue weighted by molar-refractivity contribution is -0.197. The Hall–Kier alpha value is -4.81. The van der Waals surface area contributed by atoms with Crippen LogP contribution >= 0.6 is 0 Å². The maximum absolute atomic E-state index is 12.4. The van der Waals surface area contributed by atoms with Gasteiger partial charge in [0, 0.05) is 66.3 Å². The largest absolute Gasteiger partial charge is 0.362 e. The highest BCUT2D eigenvalue weighted by atomic mass is 32.2. The molecule has 56 heavy (non-hydrogen) atoms. The number of likely N-dealkylation sites (N-methyl/N-ethyl adjacent to an activating group) is 1. The van der Waals surface area contributed by atoms with Crippen molar-refractivity contribution in [3.05, 3.63) is 82.8 Å². The number of hydrogen-bond acceptors (Lipinski definition) is 8. The first-order valence-corrected chi connectivity index (χ1v) is 20.9. The van der Waals surface area contributed by atoms with E-state index in [1.54, 1.807) is 12.1 Å². The molecule has 4 heterocycles. The van der Waals surface area contributed by atoms with E-state index < -0.39 is 33.3 Å². The summed E-state index contributed by atoms with van der Waals surface area (Å²) < 4.78 is 40.9. The molecule has 3 aliphatic heterocycles. The predicted molar refractivity (Wildman–Crippen MR) is 219 cm³/mol. The molecule has 0 saturated carbocycles. The highest BCUT2D eigenvalue weighted by Gasteiger charge is 2.41. The Kier molecular flexibility index (Phi) is 10.9. The molecule has 2 aromatic carbocycles. The van der Waals surface area contributed by atoms with E-state index in [4.69, 9.17) is 9.25 Å². The molecule has 0 bridgehead atoms. The number of anilines is 2. The lowest BCUT2D eigenvalue weighted by Gasteiger charge is -2.42. The summed E-state index contributed by atoms with van der Waals surface area (Å²) in [6, 6.07) is 11.2. The highest BCUT2D eigenvalue weighted by molar-refractivity contribution is 7.85. The molecule has 0 unspecified atom stereocenters. The quantitative estimate of drug-likeness (QED) is 0.0868. The smallest absolute Gasteiger partial charge is 0.362 e. The Bertz CT molecular complexity index is 2300. The first-order valence-electron chi connectivity index (χ1n) is 19.4. The Morgan fingerprint density at radius 1 is 0.982 bits per heavy atom. The molecule has 3 aliphatic rings. The Balaban J connectivity index is 1.32. The van der Waals surface area contributed by atoms with Crippen molar-refractivity contribution < 1.29 is 36.6 Å². The van der Waals surface area contributed by atoms with Crippen LogP contribution in [0.2, 0.25) is 0 Å². The van der Waals surface area contributed by atoms with E-state index >= 15 is 0 Å². The number of benzene rings is 2. The van der Waals surface area contributed by atoms with Gasteiger partial charge in [0.25, 0.3) is 21.9 Å². The maximum atomic E-state index is 12.4. The van der Waals surface area contributed by atoms with E-state index in [0.717, 1.165) is 51.5 Å². The minimum atomic E-state index is -4.43. The van der Waals surface area contributed by atoms with Crippen LogP contribution in [-0.2, 0) is 40.2 Å². The van der Waals surface area contributed by atoms with Gasteiger partial charge in [-0.3, -0.25) is 14.1 Å². The van der Waals surface area contributed by atoms with Crippen LogP contribution in [0.5, 0.6) is 0 Å². The van der Waals surface area contributed by atoms with Gasteiger partial charge in [-0.2, -0.15) is 8.42 Å². The number of hydroxylamine groups is 2. The molecule has 2 amide bonds. The van der Waals surface area contributed by atoms with Crippen LogP contribution in [0, 0.1) is 0 Å². The van der Waals surface area contributed by atoms with Crippen LogP contribution in [0.15, 0.2) is 69.6 Å². The van der Waals surface area contributed by atoms with Crippen molar-refractivity contribution in [3.63, 3.8) is 0 Å². The molecule has 0 spiro atoms. The molecule has 11 nitrogen and oxygen atoms in total. The van der Waals surface area contributed by atoms with Gasteiger partial charge in [0.2, 0.25) is 0 Å². The van der Waals surface area contributed by atoms with Gasteiger partial charge in [0.1, 0.15) is 0 Å². The van der Waals surface area contributed by atoms with Crippen molar-refractivity contribution in [2.45, 2.75) is 122 Å². The normalized spacial score (nSPS) is 18.6. The van der Waals surface area contributed by atoms with Gasteiger partial charge in [-0.25, -0.2) is 9.21 Å². The predicted octanol–water partition coefficient (Wildman–Crippen LogP) is 9.14. The molecule has 6 rings (SSSR count). The summed E-state index contributed by atoms with van der Waals surface area (Å²) in [7, 11) is -4.43. The molecule has 0 radical (unpaired) electrons. The second kappa shape index (κ2) is 14.9. The van der Waals surface area contributed by atoms with Crippen molar-refractivity contribution in [1.29, 1.82) is 0 Å². The van der Waals surface area contributed by atoms with E-state index in [1.165, 1.54) is 17.2 Å². The number of nitrogens with zero attached hydrogens (tertiary/aromatic N) is 3. The number of imide groups is 1. The van der Waals surface area contributed by atoms with E-state index in [0.29, 0.717) is 30.9 Å². The van der Waals surface area contributed by atoms with Crippen molar-refractivity contribution in [2.24, 2.45) is 0 Å². The van der Waals surface area contributed by atoms with Gasteiger partial charge in [0.15, 0.2) is 0 Å². The van der Waals surface area contributed by atoms with Crippen LogP contribution in [0.25, 0.3) is 22.6 Å². The second-order valence-corrected chi connectivity index (χ2v) is 18.5. The van der Waals surface area contributed by atoms with Crippen LogP contribution < -0.4 is 9.80 Å². The molecule has 12 heteroatoms. The van der Waals surface area contributed by atoms with Crippen molar-refractivity contribution in [1.82, 2.24) is 5.06 Å². The van der Waals surface area contributed by atoms with E-state index in [-0.39, 0.29) is 35.1 Å². The third-order valence-corrected chi connectivity index (χ3v) is 12.0. The summed E-state index contributed by atoms with van der Waals surface area (Å²) in [5, 5.41) is 1.57. The zero-order chi connectivity index (χ0) is 41.0.